The molecule has 0 unspecified atom stereocenters. The fourth-order valence-corrected chi connectivity index (χ4v) is 1.86. The van der Waals surface area contributed by atoms with Crippen LogP contribution in [0.1, 0.15) is 5.69 Å². The van der Waals surface area contributed by atoms with Crippen LogP contribution >= 0.6 is 0 Å². The van der Waals surface area contributed by atoms with E-state index < -0.39 is 0 Å². The molecule has 1 aromatic carbocycles. The Morgan fingerprint density at radius 2 is 2.24 bits per heavy atom. The van der Waals surface area contributed by atoms with Crippen molar-refractivity contribution in [2.45, 2.75) is 6.42 Å². The highest BCUT2D eigenvalue weighted by Crippen LogP contribution is 2.23. The lowest BCUT2D eigenvalue weighted by Crippen LogP contribution is -2.11. The third kappa shape index (κ3) is 2.71. The Bertz CT molecular complexity index is 505. The molecule has 1 heterocycles. The van der Waals surface area contributed by atoms with Crippen LogP contribution < -0.4 is 5.32 Å². The topological polar surface area (TPSA) is 29.9 Å². The van der Waals surface area contributed by atoms with E-state index in [2.05, 4.69) is 10.4 Å². The first kappa shape index (κ1) is 11.8. The summed E-state index contributed by atoms with van der Waals surface area (Å²) in [4.78, 5) is 0. The van der Waals surface area contributed by atoms with Gasteiger partial charge in [-0.05, 0) is 24.7 Å². The molecule has 0 spiro atoms. The third-order valence-electron chi connectivity index (χ3n) is 2.65. The van der Waals surface area contributed by atoms with Crippen LogP contribution in [0.5, 0.6) is 0 Å². The van der Waals surface area contributed by atoms with E-state index in [4.69, 9.17) is 0 Å². The second-order valence-corrected chi connectivity index (χ2v) is 4.03. The quantitative estimate of drug-likeness (QED) is 0.875. The van der Waals surface area contributed by atoms with Gasteiger partial charge in [-0.15, -0.1) is 0 Å². The highest BCUT2D eigenvalue weighted by atomic mass is 19.1. The number of hydrogen-bond acceptors (Lipinski definition) is 2. The molecular weight excluding hydrogens is 217 g/mol. The molecule has 0 aliphatic rings. The van der Waals surface area contributed by atoms with Crippen LogP contribution in [0.3, 0.4) is 0 Å². The Morgan fingerprint density at radius 1 is 1.41 bits per heavy atom. The Labute approximate surface area is 100 Å². The van der Waals surface area contributed by atoms with E-state index in [1.165, 1.54) is 6.07 Å². The van der Waals surface area contributed by atoms with Crippen molar-refractivity contribution in [1.82, 2.24) is 15.1 Å². The molecule has 0 radical (unpaired) electrons. The zero-order chi connectivity index (χ0) is 12.3. The zero-order valence-electron chi connectivity index (χ0n) is 10.1. The molecule has 0 saturated heterocycles. The standard InChI is InChI=1S/C13H16FN3/c1-15-7-6-13-12(9-17(2)16-13)10-4-3-5-11(14)8-10/h3-5,8-9,15H,6-7H2,1-2H3. The van der Waals surface area contributed by atoms with E-state index in [1.54, 1.807) is 16.8 Å². The number of aromatic nitrogens is 2. The van der Waals surface area contributed by atoms with Gasteiger partial charge < -0.3 is 5.32 Å². The highest BCUT2D eigenvalue weighted by molar-refractivity contribution is 5.65. The van der Waals surface area contributed by atoms with Gasteiger partial charge in [-0.2, -0.15) is 5.10 Å². The van der Waals surface area contributed by atoms with Crippen LogP contribution in [0.4, 0.5) is 4.39 Å². The van der Waals surface area contributed by atoms with E-state index in [0.717, 1.165) is 29.8 Å². The van der Waals surface area contributed by atoms with Gasteiger partial charge in [-0.1, -0.05) is 12.1 Å². The Morgan fingerprint density at radius 3 is 2.94 bits per heavy atom. The monoisotopic (exact) mass is 233 g/mol. The summed E-state index contributed by atoms with van der Waals surface area (Å²) in [6.07, 6.45) is 2.77. The Kier molecular flexibility index (Phi) is 3.54. The minimum absolute atomic E-state index is 0.217. The van der Waals surface area contributed by atoms with E-state index >= 15 is 0 Å². The number of aryl methyl sites for hydroxylation is 1. The highest BCUT2D eigenvalue weighted by Gasteiger charge is 2.09. The summed E-state index contributed by atoms with van der Waals surface area (Å²) in [5.74, 6) is -0.217. The van der Waals surface area contributed by atoms with Gasteiger partial charge in [0.15, 0.2) is 0 Å². The molecule has 1 N–H and O–H groups in total. The van der Waals surface area contributed by atoms with Gasteiger partial charge in [0, 0.05) is 31.8 Å². The number of nitrogens with one attached hydrogen (secondary N) is 1. The smallest absolute Gasteiger partial charge is 0.123 e. The molecule has 90 valence electrons. The molecule has 0 bridgehead atoms. The van der Waals surface area contributed by atoms with Crippen molar-refractivity contribution < 1.29 is 4.39 Å². The molecule has 1 aromatic heterocycles. The molecule has 0 saturated carbocycles. The van der Waals surface area contributed by atoms with Crippen LogP contribution in [-0.4, -0.2) is 23.4 Å². The van der Waals surface area contributed by atoms with Crippen molar-refractivity contribution in [3.63, 3.8) is 0 Å². The van der Waals surface area contributed by atoms with E-state index in [1.807, 2.05) is 26.4 Å². The SMILES string of the molecule is CNCCc1nn(C)cc1-c1cccc(F)c1. The second-order valence-electron chi connectivity index (χ2n) is 4.03. The fourth-order valence-electron chi connectivity index (χ4n) is 1.86. The maximum Gasteiger partial charge on any atom is 0.123 e. The van der Waals surface area contributed by atoms with Gasteiger partial charge >= 0.3 is 0 Å². The summed E-state index contributed by atoms with van der Waals surface area (Å²) in [5, 5.41) is 7.50. The van der Waals surface area contributed by atoms with Crippen molar-refractivity contribution in [3.8, 4) is 11.1 Å². The van der Waals surface area contributed by atoms with Crippen LogP contribution in [0.25, 0.3) is 11.1 Å². The molecule has 0 amide bonds. The number of hydrogen-bond donors (Lipinski definition) is 1. The van der Waals surface area contributed by atoms with Gasteiger partial charge in [0.05, 0.1) is 5.69 Å². The van der Waals surface area contributed by atoms with Gasteiger partial charge in [0.25, 0.3) is 0 Å². The maximum absolute atomic E-state index is 13.2. The predicted octanol–water partition coefficient (Wildman–Crippen LogP) is 1.99. The maximum atomic E-state index is 13.2. The summed E-state index contributed by atoms with van der Waals surface area (Å²) in [6, 6.07) is 6.62. The van der Waals surface area contributed by atoms with Gasteiger partial charge in [-0.25, -0.2) is 4.39 Å². The summed E-state index contributed by atoms with van der Waals surface area (Å²) < 4.78 is 15.0. The van der Waals surface area contributed by atoms with Crippen LogP contribution in [0.2, 0.25) is 0 Å². The summed E-state index contributed by atoms with van der Waals surface area (Å²) in [7, 11) is 3.79. The Hall–Kier alpha value is -1.68. The lowest BCUT2D eigenvalue weighted by molar-refractivity contribution is 0.628. The Balaban J connectivity index is 2.37. The van der Waals surface area contributed by atoms with Crippen molar-refractivity contribution >= 4 is 0 Å². The van der Waals surface area contributed by atoms with Crippen LogP contribution in [-0.2, 0) is 13.5 Å². The molecule has 4 heteroatoms. The number of halogens is 1. The largest absolute Gasteiger partial charge is 0.319 e. The lowest BCUT2D eigenvalue weighted by Gasteiger charge is -2.02. The molecule has 2 rings (SSSR count). The normalized spacial score (nSPS) is 10.8. The van der Waals surface area contributed by atoms with Gasteiger partial charge in [-0.3, -0.25) is 4.68 Å². The molecule has 0 aliphatic carbocycles. The van der Waals surface area contributed by atoms with Crippen molar-refractivity contribution in [1.29, 1.82) is 0 Å². The molecule has 17 heavy (non-hydrogen) atoms. The zero-order valence-corrected chi connectivity index (χ0v) is 10.1. The van der Waals surface area contributed by atoms with Crippen molar-refractivity contribution in [3.05, 3.63) is 42.0 Å². The van der Waals surface area contributed by atoms with Gasteiger partial charge in [0.2, 0.25) is 0 Å². The minimum Gasteiger partial charge on any atom is -0.319 e. The number of nitrogens with zero attached hydrogens (tertiary/aromatic N) is 2. The molecule has 3 nitrogen and oxygen atoms in total. The molecule has 0 atom stereocenters. The fraction of sp³-hybridized carbons (Fsp3) is 0.308. The van der Waals surface area contributed by atoms with E-state index in [0.29, 0.717) is 0 Å². The summed E-state index contributed by atoms with van der Waals surface area (Å²) in [5.41, 5.74) is 2.87. The lowest BCUT2D eigenvalue weighted by atomic mass is 10.1. The number of benzene rings is 1. The first-order chi connectivity index (χ1) is 8.20. The van der Waals surface area contributed by atoms with E-state index in [-0.39, 0.29) is 5.82 Å². The molecule has 0 aliphatic heterocycles. The number of rotatable bonds is 4. The minimum atomic E-state index is -0.217. The summed E-state index contributed by atoms with van der Waals surface area (Å²) >= 11 is 0. The third-order valence-corrected chi connectivity index (χ3v) is 2.65. The van der Waals surface area contributed by atoms with Crippen molar-refractivity contribution in [2.75, 3.05) is 13.6 Å². The van der Waals surface area contributed by atoms with Crippen LogP contribution in [0, 0.1) is 5.82 Å². The molecule has 0 fully saturated rings. The predicted molar refractivity (Wildman–Crippen MR) is 66.2 cm³/mol. The van der Waals surface area contributed by atoms with Gasteiger partial charge in [0.1, 0.15) is 5.82 Å². The number of likely N-dealkylation sites (N-methyl/N-ethyl adjacent to an activating group) is 1. The second kappa shape index (κ2) is 5.10. The molecular formula is C13H16FN3. The average Bonchev–Trinajstić information content (AvgIpc) is 2.68. The van der Waals surface area contributed by atoms with E-state index in [9.17, 15) is 4.39 Å². The van der Waals surface area contributed by atoms with Crippen molar-refractivity contribution in [2.24, 2.45) is 7.05 Å². The average molecular weight is 233 g/mol. The molecule has 2 aromatic rings. The van der Waals surface area contributed by atoms with Crippen LogP contribution in [0.15, 0.2) is 30.5 Å². The first-order valence-electron chi connectivity index (χ1n) is 5.64. The first-order valence-corrected chi connectivity index (χ1v) is 5.64. The summed E-state index contributed by atoms with van der Waals surface area (Å²) in [6.45, 7) is 0.860.